The molecule has 0 aromatic rings. The van der Waals surface area contributed by atoms with Gasteiger partial charge in [0.1, 0.15) is 0 Å². The summed E-state index contributed by atoms with van der Waals surface area (Å²) in [4.78, 5) is 23.7. The summed E-state index contributed by atoms with van der Waals surface area (Å²) in [5.74, 6) is 5.14. The largest absolute Gasteiger partial charge is 0.452 e. The molecule has 0 radical (unpaired) electrons. The standard InChI is InChI=1S/C40H70O4/c1-3-5-7-9-11-13-15-17-19-21-23-25-27-29-31-35-39(41)43-37-33-34-38-44-40(42)36-32-30-28-26-24-22-20-18-16-14-12-10-8-6-4-2/h17-20H,3-16,21-32,35-38H2,1-2H3/b19-17+,20-18+. The summed E-state index contributed by atoms with van der Waals surface area (Å²) in [5.41, 5.74) is 0. The lowest BCUT2D eigenvalue weighted by Gasteiger charge is -2.02. The molecular weight excluding hydrogens is 544 g/mol. The van der Waals surface area contributed by atoms with E-state index < -0.39 is 0 Å². The Morgan fingerprint density at radius 2 is 0.682 bits per heavy atom. The van der Waals surface area contributed by atoms with Crippen molar-refractivity contribution in [1.29, 1.82) is 0 Å². The van der Waals surface area contributed by atoms with E-state index in [0.717, 1.165) is 25.7 Å². The third kappa shape index (κ3) is 36.2. The first-order valence-corrected chi connectivity index (χ1v) is 18.8. The van der Waals surface area contributed by atoms with Gasteiger partial charge in [0.2, 0.25) is 0 Å². The molecule has 0 rings (SSSR count). The first-order valence-electron chi connectivity index (χ1n) is 18.8. The number of rotatable bonds is 32. The van der Waals surface area contributed by atoms with Crippen LogP contribution in [0.25, 0.3) is 0 Å². The van der Waals surface area contributed by atoms with Crippen LogP contribution in [0.3, 0.4) is 0 Å². The quantitative estimate of drug-likeness (QED) is 0.0327. The molecule has 0 aromatic carbocycles. The van der Waals surface area contributed by atoms with Gasteiger partial charge < -0.3 is 9.47 Å². The number of hydrogen-bond acceptors (Lipinski definition) is 4. The molecule has 254 valence electrons. The maximum atomic E-state index is 11.9. The van der Waals surface area contributed by atoms with Gasteiger partial charge in [-0.15, -0.1) is 0 Å². The van der Waals surface area contributed by atoms with Crippen LogP contribution in [0.2, 0.25) is 0 Å². The minimum Gasteiger partial charge on any atom is -0.452 e. The van der Waals surface area contributed by atoms with Gasteiger partial charge in [0, 0.05) is 12.8 Å². The van der Waals surface area contributed by atoms with E-state index in [2.05, 4.69) is 50.0 Å². The lowest BCUT2D eigenvalue weighted by Crippen LogP contribution is -2.06. The number of carbonyl (C=O) groups excluding carboxylic acids is 2. The van der Waals surface area contributed by atoms with Gasteiger partial charge in [-0.25, -0.2) is 0 Å². The zero-order valence-corrected chi connectivity index (χ0v) is 29.2. The van der Waals surface area contributed by atoms with Crippen LogP contribution in [0, 0.1) is 11.8 Å². The third-order valence-electron chi connectivity index (χ3n) is 8.02. The smallest absolute Gasteiger partial charge is 0.306 e. The Hall–Kier alpha value is -2.02. The summed E-state index contributed by atoms with van der Waals surface area (Å²) in [7, 11) is 0. The molecule has 0 bridgehead atoms. The molecule has 0 unspecified atom stereocenters. The summed E-state index contributed by atoms with van der Waals surface area (Å²) >= 11 is 0. The molecule has 0 aliphatic heterocycles. The van der Waals surface area contributed by atoms with Gasteiger partial charge in [-0.1, -0.05) is 153 Å². The molecule has 0 aliphatic carbocycles. The number of hydrogen-bond donors (Lipinski definition) is 0. The summed E-state index contributed by atoms with van der Waals surface area (Å²) in [5, 5.41) is 0. The van der Waals surface area contributed by atoms with Crippen LogP contribution in [0.4, 0.5) is 0 Å². The number of ether oxygens (including phenoxy) is 2. The van der Waals surface area contributed by atoms with E-state index in [1.54, 1.807) is 0 Å². The van der Waals surface area contributed by atoms with E-state index in [0.29, 0.717) is 12.8 Å². The fourth-order valence-electron chi connectivity index (χ4n) is 5.16. The lowest BCUT2D eigenvalue weighted by atomic mass is 10.1. The van der Waals surface area contributed by atoms with Gasteiger partial charge in [-0.05, 0) is 64.2 Å². The Labute approximate surface area is 273 Å². The number of allylic oxidation sites excluding steroid dienone is 4. The highest BCUT2D eigenvalue weighted by molar-refractivity contribution is 5.69. The fourth-order valence-corrected chi connectivity index (χ4v) is 5.16. The maximum absolute atomic E-state index is 11.9. The number of unbranched alkanes of at least 4 members (excludes halogenated alkanes) is 22. The second-order valence-corrected chi connectivity index (χ2v) is 12.3. The molecule has 0 fully saturated rings. The minimum atomic E-state index is -0.196. The van der Waals surface area contributed by atoms with Crippen LogP contribution in [0.15, 0.2) is 24.3 Å². The van der Waals surface area contributed by atoms with Crippen molar-refractivity contribution in [3.63, 3.8) is 0 Å². The Kier molecular flexibility index (Phi) is 35.5. The topological polar surface area (TPSA) is 52.6 Å². The molecule has 0 N–H and O–H groups in total. The van der Waals surface area contributed by atoms with Crippen LogP contribution in [-0.4, -0.2) is 25.2 Å². The van der Waals surface area contributed by atoms with Gasteiger partial charge in [-0.3, -0.25) is 9.59 Å². The Morgan fingerprint density at radius 3 is 1.00 bits per heavy atom. The predicted octanol–water partition coefficient (Wildman–Crippen LogP) is 12.2. The zero-order valence-electron chi connectivity index (χ0n) is 29.2. The molecule has 0 aliphatic rings. The molecule has 0 atom stereocenters. The van der Waals surface area contributed by atoms with Crippen LogP contribution in [-0.2, 0) is 19.1 Å². The van der Waals surface area contributed by atoms with E-state index in [-0.39, 0.29) is 25.2 Å². The highest BCUT2D eigenvalue weighted by Crippen LogP contribution is 2.12. The summed E-state index contributed by atoms with van der Waals surface area (Å²) in [6.07, 6.45) is 42.5. The van der Waals surface area contributed by atoms with E-state index in [4.69, 9.17) is 9.47 Å². The molecule has 0 aromatic heterocycles. The Morgan fingerprint density at radius 1 is 0.409 bits per heavy atom. The van der Waals surface area contributed by atoms with Crippen molar-refractivity contribution in [3.05, 3.63) is 24.3 Å². The monoisotopic (exact) mass is 615 g/mol. The Bertz CT molecular complexity index is 682. The molecule has 0 amide bonds. The van der Waals surface area contributed by atoms with Gasteiger partial charge in [0.05, 0.1) is 0 Å². The normalized spacial score (nSPS) is 11.2. The van der Waals surface area contributed by atoms with Crippen molar-refractivity contribution in [2.24, 2.45) is 0 Å². The van der Waals surface area contributed by atoms with E-state index in [9.17, 15) is 9.59 Å². The first-order chi connectivity index (χ1) is 21.7. The van der Waals surface area contributed by atoms with Crippen LogP contribution in [0.1, 0.15) is 194 Å². The lowest BCUT2D eigenvalue weighted by molar-refractivity contribution is -0.143. The molecular formula is C40H70O4. The van der Waals surface area contributed by atoms with Crippen molar-refractivity contribution in [1.82, 2.24) is 0 Å². The first kappa shape index (κ1) is 42.0. The van der Waals surface area contributed by atoms with Crippen molar-refractivity contribution in [3.8, 4) is 11.8 Å². The highest BCUT2D eigenvalue weighted by atomic mass is 16.5. The minimum absolute atomic E-state index is 0.0652. The highest BCUT2D eigenvalue weighted by Gasteiger charge is 2.02. The second-order valence-electron chi connectivity index (χ2n) is 12.3. The molecule has 0 saturated heterocycles. The van der Waals surface area contributed by atoms with Gasteiger partial charge in [0.25, 0.3) is 0 Å². The summed E-state index contributed by atoms with van der Waals surface area (Å²) in [6, 6.07) is 0. The van der Waals surface area contributed by atoms with Gasteiger partial charge in [-0.2, -0.15) is 0 Å². The predicted molar refractivity (Wildman–Crippen MR) is 189 cm³/mol. The number of carbonyl (C=O) groups is 2. The van der Waals surface area contributed by atoms with E-state index in [1.807, 2.05) is 0 Å². The third-order valence-corrected chi connectivity index (χ3v) is 8.02. The second kappa shape index (κ2) is 37.2. The van der Waals surface area contributed by atoms with Crippen LogP contribution in [0.5, 0.6) is 0 Å². The SMILES string of the molecule is CCCCCCCC/C=C/CCCCCCCC(=O)OCC#CCOC(=O)CCCCCCC/C=C/CCCCCCCC. The maximum Gasteiger partial charge on any atom is 0.306 e. The van der Waals surface area contributed by atoms with Crippen molar-refractivity contribution < 1.29 is 19.1 Å². The average molecular weight is 615 g/mol. The summed E-state index contributed by atoms with van der Waals surface area (Å²) in [6.45, 7) is 4.66. The molecule has 44 heavy (non-hydrogen) atoms. The zero-order chi connectivity index (χ0) is 32.0. The van der Waals surface area contributed by atoms with Gasteiger partial charge >= 0.3 is 11.9 Å². The fraction of sp³-hybridized carbons (Fsp3) is 0.800. The van der Waals surface area contributed by atoms with Gasteiger partial charge in [0.15, 0.2) is 13.2 Å². The Balaban J connectivity index is 3.41. The van der Waals surface area contributed by atoms with E-state index >= 15 is 0 Å². The van der Waals surface area contributed by atoms with Crippen LogP contribution >= 0.6 is 0 Å². The molecule has 0 spiro atoms. The number of esters is 2. The van der Waals surface area contributed by atoms with Crippen molar-refractivity contribution >= 4 is 11.9 Å². The van der Waals surface area contributed by atoms with Crippen molar-refractivity contribution in [2.45, 2.75) is 194 Å². The molecule has 0 saturated carbocycles. The van der Waals surface area contributed by atoms with Crippen molar-refractivity contribution in [2.75, 3.05) is 13.2 Å². The van der Waals surface area contributed by atoms with Crippen LogP contribution < -0.4 is 0 Å². The van der Waals surface area contributed by atoms with E-state index in [1.165, 1.54) is 141 Å². The molecule has 4 heteroatoms. The summed E-state index contributed by atoms with van der Waals surface area (Å²) < 4.78 is 10.3. The molecule has 0 heterocycles. The molecule has 4 nitrogen and oxygen atoms in total. The average Bonchev–Trinajstić information content (AvgIpc) is 3.02.